The molecule has 0 atom stereocenters. The van der Waals surface area contributed by atoms with Gasteiger partial charge in [0.25, 0.3) is 0 Å². The molecule has 0 aliphatic rings. The van der Waals surface area contributed by atoms with E-state index in [9.17, 15) is 4.79 Å². The third-order valence-corrected chi connectivity index (χ3v) is 3.46. The predicted molar refractivity (Wildman–Crippen MR) is 70.2 cm³/mol. The largest absolute Gasteiger partial charge is 0.497 e. The van der Waals surface area contributed by atoms with Crippen molar-refractivity contribution >= 4 is 17.3 Å². The Hall–Kier alpha value is -1.88. The Morgan fingerprint density at radius 3 is 2.78 bits per heavy atom. The lowest BCUT2D eigenvalue weighted by molar-refractivity contribution is 0.0595. The van der Waals surface area contributed by atoms with Gasteiger partial charge in [0.2, 0.25) is 0 Å². The summed E-state index contributed by atoms with van der Waals surface area (Å²) in [6, 6.07) is 7.53. The molecule has 0 unspecified atom stereocenters. The van der Waals surface area contributed by atoms with Crippen LogP contribution in [0.3, 0.4) is 0 Å². The van der Waals surface area contributed by atoms with Crippen LogP contribution in [0.5, 0.6) is 5.75 Å². The highest BCUT2D eigenvalue weighted by Gasteiger charge is 2.18. The molecule has 0 N–H and O–H groups in total. The molecular formula is C13H13NO3S. The van der Waals surface area contributed by atoms with E-state index in [0.717, 1.165) is 21.2 Å². The first-order valence-corrected chi connectivity index (χ1v) is 6.17. The quantitative estimate of drug-likeness (QED) is 0.799. The average Bonchev–Trinajstić information content (AvgIpc) is 2.80. The summed E-state index contributed by atoms with van der Waals surface area (Å²) in [5, 5.41) is 0.827. The topological polar surface area (TPSA) is 48.4 Å². The molecule has 0 saturated heterocycles. The van der Waals surface area contributed by atoms with Crippen LogP contribution in [-0.4, -0.2) is 25.2 Å². The molecule has 1 aromatic heterocycles. The number of ether oxygens (including phenoxy) is 2. The Labute approximate surface area is 109 Å². The number of methoxy groups -OCH3 is 2. The molecule has 0 aliphatic carbocycles. The second-order valence-corrected chi connectivity index (χ2v) is 4.84. The van der Waals surface area contributed by atoms with Crippen molar-refractivity contribution in [3.05, 3.63) is 35.0 Å². The van der Waals surface area contributed by atoms with Gasteiger partial charge in [-0.2, -0.15) is 0 Å². The number of aromatic nitrogens is 1. The predicted octanol–water partition coefficient (Wildman–Crippen LogP) is 2.91. The molecule has 18 heavy (non-hydrogen) atoms. The van der Waals surface area contributed by atoms with E-state index in [1.807, 2.05) is 31.2 Å². The van der Waals surface area contributed by atoms with Gasteiger partial charge in [0, 0.05) is 0 Å². The minimum atomic E-state index is -0.419. The maximum Gasteiger partial charge on any atom is 0.358 e. The number of rotatable bonds is 3. The number of aryl methyl sites for hydroxylation is 1. The molecule has 94 valence electrons. The van der Waals surface area contributed by atoms with E-state index in [2.05, 4.69) is 4.98 Å². The highest BCUT2D eigenvalue weighted by atomic mass is 32.1. The van der Waals surface area contributed by atoms with E-state index < -0.39 is 5.97 Å². The first-order chi connectivity index (χ1) is 8.65. The molecule has 0 saturated carbocycles. The van der Waals surface area contributed by atoms with Gasteiger partial charge in [0.1, 0.15) is 5.75 Å². The minimum Gasteiger partial charge on any atom is -0.497 e. The van der Waals surface area contributed by atoms with Crippen LogP contribution in [0, 0.1) is 6.92 Å². The molecule has 0 spiro atoms. The molecule has 0 bridgehead atoms. The van der Waals surface area contributed by atoms with Gasteiger partial charge in [-0.25, -0.2) is 9.78 Å². The van der Waals surface area contributed by atoms with Crippen LogP contribution in [0.25, 0.3) is 10.4 Å². The third-order valence-electron chi connectivity index (χ3n) is 2.44. The molecular weight excluding hydrogens is 250 g/mol. The Morgan fingerprint density at radius 1 is 1.33 bits per heavy atom. The lowest BCUT2D eigenvalue weighted by Crippen LogP contribution is -2.03. The molecule has 1 aromatic carbocycles. The van der Waals surface area contributed by atoms with Crippen molar-refractivity contribution in [2.24, 2.45) is 0 Å². The van der Waals surface area contributed by atoms with Gasteiger partial charge < -0.3 is 9.47 Å². The number of esters is 1. The van der Waals surface area contributed by atoms with Gasteiger partial charge >= 0.3 is 5.97 Å². The minimum absolute atomic E-state index is 0.355. The summed E-state index contributed by atoms with van der Waals surface area (Å²) in [7, 11) is 2.96. The fraction of sp³-hybridized carbons (Fsp3) is 0.231. The molecule has 0 amide bonds. The Bertz CT molecular complexity index is 577. The third kappa shape index (κ3) is 2.36. The molecule has 0 aliphatic heterocycles. The zero-order valence-electron chi connectivity index (χ0n) is 10.4. The van der Waals surface area contributed by atoms with Gasteiger partial charge in [0.05, 0.1) is 24.1 Å². The summed E-state index contributed by atoms with van der Waals surface area (Å²) in [6.07, 6.45) is 0. The number of carbonyl (C=O) groups is 1. The van der Waals surface area contributed by atoms with E-state index in [0.29, 0.717) is 5.69 Å². The SMILES string of the molecule is COC(=O)c1nc(C)sc1-c1cccc(OC)c1. The van der Waals surface area contributed by atoms with Crippen LogP contribution in [0.1, 0.15) is 15.5 Å². The monoisotopic (exact) mass is 263 g/mol. The highest BCUT2D eigenvalue weighted by Crippen LogP contribution is 2.32. The van der Waals surface area contributed by atoms with E-state index in [-0.39, 0.29) is 0 Å². The van der Waals surface area contributed by atoms with Crippen LogP contribution in [0.4, 0.5) is 0 Å². The van der Waals surface area contributed by atoms with Crippen molar-refractivity contribution in [2.75, 3.05) is 14.2 Å². The van der Waals surface area contributed by atoms with E-state index >= 15 is 0 Å². The fourth-order valence-electron chi connectivity index (χ4n) is 1.62. The number of thiazole rings is 1. The lowest BCUT2D eigenvalue weighted by Gasteiger charge is -2.03. The second-order valence-electron chi connectivity index (χ2n) is 3.63. The van der Waals surface area contributed by atoms with Gasteiger partial charge in [-0.05, 0) is 24.6 Å². The van der Waals surface area contributed by atoms with Gasteiger partial charge in [-0.3, -0.25) is 0 Å². The number of carbonyl (C=O) groups excluding carboxylic acids is 1. The van der Waals surface area contributed by atoms with Crippen LogP contribution in [-0.2, 0) is 4.74 Å². The van der Waals surface area contributed by atoms with E-state index in [1.165, 1.54) is 18.4 Å². The van der Waals surface area contributed by atoms with Crippen molar-refractivity contribution in [1.29, 1.82) is 0 Å². The summed E-state index contributed by atoms with van der Waals surface area (Å²) in [5.74, 6) is 0.325. The van der Waals surface area contributed by atoms with Crippen molar-refractivity contribution < 1.29 is 14.3 Å². The Morgan fingerprint density at radius 2 is 2.11 bits per heavy atom. The summed E-state index contributed by atoms with van der Waals surface area (Å²) >= 11 is 1.46. The van der Waals surface area contributed by atoms with Crippen molar-refractivity contribution in [2.45, 2.75) is 6.92 Å². The van der Waals surface area contributed by atoms with Crippen LogP contribution < -0.4 is 4.74 Å². The van der Waals surface area contributed by atoms with Crippen LogP contribution >= 0.6 is 11.3 Å². The molecule has 0 fully saturated rings. The Kier molecular flexibility index (Phi) is 3.62. The van der Waals surface area contributed by atoms with Crippen molar-refractivity contribution in [1.82, 2.24) is 4.98 Å². The summed E-state index contributed by atoms with van der Waals surface area (Å²) in [4.78, 5) is 16.7. The molecule has 5 heteroatoms. The van der Waals surface area contributed by atoms with Crippen molar-refractivity contribution in [3.8, 4) is 16.2 Å². The van der Waals surface area contributed by atoms with Gasteiger partial charge in [0.15, 0.2) is 5.69 Å². The van der Waals surface area contributed by atoms with Gasteiger partial charge in [-0.1, -0.05) is 12.1 Å². The molecule has 0 radical (unpaired) electrons. The van der Waals surface area contributed by atoms with Crippen LogP contribution in [0.2, 0.25) is 0 Å². The first-order valence-electron chi connectivity index (χ1n) is 5.36. The number of nitrogens with zero attached hydrogens (tertiary/aromatic N) is 1. The zero-order chi connectivity index (χ0) is 13.1. The average molecular weight is 263 g/mol. The smallest absolute Gasteiger partial charge is 0.358 e. The Balaban J connectivity index is 2.52. The molecule has 2 rings (SSSR count). The number of benzene rings is 1. The van der Waals surface area contributed by atoms with Crippen molar-refractivity contribution in [3.63, 3.8) is 0 Å². The highest BCUT2D eigenvalue weighted by molar-refractivity contribution is 7.15. The summed E-state index contributed by atoms with van der Waals surface area (Å²) < 4.78 is 9.92. The molecule has 2 aromatic rings. The maximum absolute atomic E-state index is 11.7. The molecule has 1 heterocycles. The van der Waals surface area contributed by atoms with E-state index in [1.54, 1.807) is 7.11 Å². The first kappa shape index (κ1) is 12.6. The summed E-state index contributed by atoms with van der Waals surface area (Å²) in [5.41, 5.74) is 1.26. The summed E-state index contributed by atoms with van der Waals surface area (Å²) in [6.45, 7) is 1.86. The fourth-order valence-corrected chi connectivity index (χ4v) is 2.52. The maximum atomic E-state index is 11.7. The number of hydrogen-bond donors (Lipinski definition) is 0. The van der Waals surface area contributed by atoms with Gasteiger partial charge in [-0.15, -0.1) is 11.3 Å². The normalized spacial score (nSPS) is 10.2. The molecule has 4 nitrogen and oxygen atoms in total. The zero-order valence-corrected chi connectivity index (χ0v) is 11.2. The van der Waals surface area contributed by atoms with E-state index in [4.69, 9.17) is 9.47 Å². The number of hydrogen-bond acceptors (Lipinski definition) is 5. The second kappa shape index (κ2) is 5.18. The van der Waals surface area contributed by atoms with Crippen LogP contribution in [0.15, 0.2) is 24.3 Å². The standard InChI is InChI=1S/C13H13NO3S/c1-8-14-11(13(15)17-3)12(18-8)9-5-4-6-10(7-9)16-2/h4-7H,1-3H3. The lowest BCUT2D eigenvalue weighted by atomic mass is 10.1.